The first kappa shape index (κ1) is 24.1. The van der Waals surface area contributed by atoms with Crippen LogP contribution in [0.2, 0.25) is 5.02 Å². The fourth-order valence-corrected chi connectivity index (χ4v) is 3.94. The molecule has 4 aromatic rings. The maximum absolute atomic E-state index is 13.5. The average Bonchev–Trinajstić information content (AvgIpc) is 2.86. The quantitative estimate of drug-likeness (QED) is 0.401. The molecular formula is C26H24ClN3O5. The second kappa shape index (κ2) is 10.1. The number of rotatable bonds is 7. The largest absolute Gasteiger partial charge is 0.493 e. The number of carbonyl (C=O) groups excluding carboxylic acids is 1. The second-order valence-corrected chi connectivity index (χ2v) is 8.18. The van der Waals surface area contributed by atoms with E-state index in [4.69, 9.17) is 30.8 Å². The Bertz CT molecular complexity index is 1460. The minimum Gasteiger partial charge on any atom is -0.493 e. The Hall–Kier alpha value is -4.04. The van der Waals surface area contributed by atoms with Gasteiger partial charge in [0.2, 0.25) is 11.7 Å². The van der Waals surface area contributed by atoms with Crippen molar-refractivity contribution in [1.29, 1.82) is 0 Å². The van der Waals surface area contributed by atoms with E-state index < -0.39 is 5.91 Å². The molecule has 1 N–H and O–H groups in total. The summed E-state index contributed by atoms with van der Waals surface area (Å²) < 4.78 is 17.7. The maximum atomic E-state index is 13.5. The lowest BCUT2D eigenvalue weighted by molar-refractivity contribution is -0.116. The fourth-order valence-electron chi connectivity index (χ4n) is 3.76. The van der Waals surface area contributed by atoms with Gasteiger partial charge in [0.05, 0.1) is 32.2 Å². The summed E-state index contributed by atoms with van der Waals surface area (Å²) in [5.41, 5.74) is 2.10. The molecule has 4 rings (SSSR count). The summed E-state index contributed by atoms with van der Waals surface area (Å²) in [4.78, 5) is 31.2. The molecule has 35 heavy (non-hydrogen) atoms. The van der Waals surface area contributed by atoms with Crippen molar-refractivity contribution in [3.05, 3.63) is 75.5 Å². The molecule has 0 saturated carbocycles. The highest BCUT2D eigenvalue weighted by atomic mass is 35.5. The van der Waals surface area contributed by atoms with Crippen LogP contribution in [0.25, 0.3) is 22.3 Å². The molecule has 0 fully saturated rings. The van der Waals surface area contributed by atoms with Gasteiger partial charge in [-0.25, -0.2) is 4.98 Å². The van der Waals surface area contributed by atoms with Gasteiger partial charge in [-0.2, -0.15) is 0 Å². The number of fused-ring (bicyclic) bond motifs is 1. The monoisotopic (exact) mass is 493 g/mol. The van der Waals surface area contributed by atoms with Gasteiger partial charge in [-0.1, -0.05) is 29.8 Å². The summed E-state index contributed by atoms with van der Waals surface area (Å²) in [7, 11) is 4.51. The second-order valence-electron chi connectivity index (χ2n) is 7.77. The number of para-hydroxylation sites is 1. The first-order valence-corrected chi connectivity index (χ1v) is 11.1. The Morgan fingerprint density at radius 1 is 1.00 bits per heavy atom. The molecule has 0 aliphatic heterocycles. The summed E-state index contributed by atoms with van der Waals surface area (Å²) >= 11 is 6.18. The van der Waals surface area contributed by atoms with Crippen LogP contribution >= 0.6 is 11.6 Å². The van der Waals surface area contributed by atoms with E-state index in [0.717, 1.165) is 5.56 Å². The number of halogens is 1. The van der Waals surface area contributed by atoms with E-state index in [0.29, 0.717) is 44.4 Å². The number of carbonyl (C=O) groups is 1. The van der Waals surface area contributed by atoms with Crippen LogP contribution in [0.3, 0.4) is 0 Å². The van der Waals surface area contributed by atoms with Gasteiger partial charge in [0.15, 0.2) is 11.5 Å². The molecule has 1 amide bonds. The van der Waals surface area contributed by atoms with Crippen LogP contribution in [0.5, 0.6) is 17.2 Å². The number of benzene rings is 3. The number of anilines is 1. The predicted molar refractivity (Wildman–Crippen MR) is 136 cm³/mol. The molecule has 0 aliphatic rings. The predicted octanol–water partition coefficient (Wildman–Crippen LogP) is 4.69. The van der Waals surface area contributed by atoms with E-state index >= 15 is 0 Å². The van der Waals surface area contributed by atoms with Gasteiger partial charge in [0.25, 0.3) is 5.56 Å². The molecule has 180 valence electrons. The lowest BCUT2D eigenvalue weighted by atomic mass is 10.1. The molecule has 0 radical (unpaired) electrons. The van der Waals surface area contributed by atoms with Crippen LogP contribution in [0.4, 0.5) is 5.69 Å². The fraction of sp³-hybridized carbons (Fsp3) is 0.192. The van der Waals surface area contributed by atoms with Crippen molar-refractivity contribution in [1.82, 2.24) is 9.55 Å². The SMILES string of the molecule is COc1cc(-c2nc3ccccc3c(=O)n2CC(=O)Nc2ccc(C)c(Cl)c2)cc(OC)c1OC. The normalized spacial score (nSPS) is 10.8. The Balaban J connectivity index is 1.84. The zero-order valence-electron chi connectivity index (χ0n) is 19.7. The molecule has 0 atom stereocenters. The number of nitrogens with zero attached hydrogens (tertiary/aromatic N) is 2. The van der Waals surface area contributed by atoms with Gasteiger partial charge in [0.1, 0.15) is 12.4 Å². The summed E-state index contributed by atoms with van der Waals surface area (Å²) in [6, 6.07) is 15.6. The molecule has 9 heteroatoms. The zero-order valence-corrected chi connectivity index (χ0v) is 20.5. The van der Waals surface area contributed by atoms with Crippen LogP contribution < -0.4 is 25.1 Å². The van der Waals surface area contributed by atoms with Crippen LogP contribution in [-0.4, -0.2) is 36.8 Å². The van der Waals surface area contributed by atoms with Crippen LogP contribution in [-0.2, 0) is 11.3 Å². The number of hydrogen-bond acceptors (Lipinski definition) is 6. The Labute approximate surface area is 207 Å². The minimum absolute atomic E-state index is 0.270. The van der Waals surface area contributed by atoms with Crippen LogP contribution in [0.15, 0.2) is 59.4 Å². The Morgan fingerprint density at radius 3 is 2.31 bits per heavy atom. The number of amides is 1. The van der Waals surface area contributed by atoms with Crippen molar-refractivity contribution in [2.24, 2.45) is 0 Å². The molecule has 8 nitrogen and oxygen atoms in total. The summed E-state index contributed by atoms with van der Waals surface area (Å²) in [6.45, 7) is 1.60. The van der Waals surface area contributed by atoms with Crippen molar-refractivity contribution in [2.45, 2.75) is 13.5 Å². The van der Waals surface area contributed by atoms with Crippen molar-refractivity contribution in [2.75, 3.05) is 26.6 Å². The van der Waals surface area contributed by atoms with Gasteiger partial charge in [-0.15, -0.1) is 0 Å². The van der Waals surface area contributed by atoms with Crippen molar-refractivity contribution in [3.63, 3.8) is 0 Å². The van der Waals surface area contributed by atoms with Gasteiger partial charge < -0.3 is 19.5 Å². The molecule has 1 heterocycles. The lowest BCUT2D eigenvalue weighted by Crippen LogP contribution is -2.30. The van der Waals surface area contributed by atoms with Crippen LogP contribution in [0, 0.1) is 6.92 Å². The Kier molecular flexibility index (Phi) is 6.93. The summed E-state index contributed by atoms with van der Waals surface area (Å²) in [5.74, 6) is 1.08. The number of ether oxygens (including phenoxy) is 3. The number of aryl methyl sites for hydroxylation is 1. The standard InChI is InChI=1S/C26H24ClN3O5/c1-15-9-10-17(13-19(15)27)28-23(31)14-30-25(29-20-8-6-5-7-18(20)26(30)32)16-11-21(33-2)24(35-4)22(12-16)34-3/h5-13H,14H2,1-4H3,(H,28,31). The third-order valence-electron chi connectivity index (χ3n) is 5.54. The molecule has 0 unspecified atom stereocenters. The van der Waals surface area contributed by atoms with E-state index in [-0.39, 0.29) is 17.9 Å². The number of methoxy groups -OCH3 is 3. The highest BCUT2D eigenvalue weighted by molar-refractivity contribution is 6.31. The first-order valence-electron chi connectivity index (χ1n) is 10.7. The summed E-state index contributed by atoms with van der Waals surface area (Å²) in [6.07, 6.45) is 0. The van der Waals surface area contributed by atoms with Crippen molar-refractivity contribution < 1.29 is 19.0 Å². The Morgan fingerprint density at radius 2 is 1.69 bits per heavy atom. The molecule has 1 aromatic heterocycles. The number of hydrogen-bond donors (Lipinski definition) is 1. The third-order valence-corrected chi connectivity index (χ3v) is 5.95. The van der Waals surface area contributed by atoms with Gasteiger partial charge >= 0.3 is 0 Å². The highest BCUT2D eigenvalue weighted by Crippen LogP contribution is 2.40. The van der Waals surface area contributed by atoms with E-state index in [1.54, 1.807) is 48.5 Å². The molecule has 0 bridgehead atoms. The number of aromatic nitrogens is 2. The highest BCUT2D eigenvalue weighted by Gasteiger charge is 2.20. The maximum Gasteiger partial charge on any atom is 0.262 e. The van der Waals surface area contributed by atoms with Gasteiger partial charge in [-0.05, 0) is 48.9 Å². The average molecular weight is 494 g/mol. The molecule has 0 saturated heterocycles. The summed E-state index contributed by atoms with van der Waals surface area (Å²) in [5, 5.41) is 3.73. The topological polar surface area (TPSA) is 91.7 Å². The molecule has 3 aromatic carbocycles. The smallest absolute Gasteiger partial charge is 0.262 e. The van der Waals surface area contributed by atoms with Crippen LogP contribution in [0.1, 0.15) is 5.56 Å². The van der Waals surface area contributed by atoms with Crippen molar-refractivity contribution in [3.8, 4) is 28.6 Å². The first-order chi connectivity index (χ1) is 16.9. The van der Waals surface area contributed by atoms with Crippen molar-refractivity contribution >= 4 is 34.1 Å². The lowest BCUT2D eigenvalue weighted by Gasteiger charge is -2.17. The van der Waals surface area contributed by atoms with E-state index in [2.05, 4.69) is 5.32 Å². The van der Waals surface area contributed by atoms with Gasteiger partial charge in [-0.3, -0.25) is 14.2 Å². The van der Waals surface area contributed by atoms with E-state index in [1.807, 2.05) is 13.0 Å². The molecule has 0 aliphatic carbocycles. The minimum atomic E-state index is -0.405. The molecule has 0 spiro atoms. The van der Waals surface area contributed by atoms with E-state index in [1.165, 1.54) is 25.9 Å². The number of nitrogens with one attached hydrogen (secondary N) is 1. The molecular weight excluding hydrogens is 470 g/mol. The van der Waals surface area contributed by atoms with Gasteiger partial charge in [0, 0.05) is 16.3 Å². The zero-order chi connectivity index (χ0) is 25.1. The van der Waals surface area contributed by atoms with E-state index in [9.17, 15) is 9.59 Å². The third kappa shape index (κ3) is 4.79.